The van der Waals surface area contributed by atoms with Gasteiger partial charge in [0.05, 0.1) is 5.52 Å². The molecule has 3 aromatic carbocycles. The first-order valence-electron chi connectivity index (χ1n) is 11.2. The van der Waals surface area contributed by atoms with Gasteiger partial charge >= 0.3 is 0 Å². The lowest BCUT2D eigenvalue weighted by Crippen LogP contribution is -2.09. The van der Waals surface area contributed by atoms with Gasteiger partial charge < -0.3 is 9.55 Å². The number of para-hydroxylation sites is 2. The summed E-state index contributed by atoms with van der Waals surface area (Å²) in [5.74, 6) is -9.79. The number of nitrogens with one attached hydrogen (secondary N) is 1. The molecule has 0 radical (unpaired) electrons. The summed E-state index contributed by atoms with van der Waals surface area (Å²) in [6.45, 7) is 0. The van der Waals surface area contributed by atoms with Gasteiger partial charge in [0.25, 0.3) is 11.9 Å². The summed E-state index contributed by atoms with van der Waals surface area (Å²) in [5, 5.41) is 1.04. The van der Waals surface area contributed by atoms with Crippen molar-refractivity contribution in [1.29, 1.82) is 0 Å². The molecule has 3 heterocycles. The Balaban J connectivity index is 1.73. The predicted molar refractivity (Wildman–Crippen MR) is 127 cm³/mol. The molecule has 0 saturated heterocycles. The molecule has 9 heteroatoms. The Kier molecular flexibility index (Phi) is 5.29. The molecule has 6 aromatic rings. The Morgan fingerprint density at radius 2 is 1.30 bits per heavy atom. The number of pyridine rings is 1. The average Bonchev–Trinajstić information content (AvgIpc) is 3.48. The Hall–Kier alpha value is -4.53. The summed E-state index contributed by atoms with van der Waals surface area (Å²) < 4.78 is 89.1. The van der Waals surface area contributed by atoms with E-state index in [2.05, 4.69) is 9.97 Å². The van der Waals surface area contributed by atoms with Gasteiger partial charge in [0.1, 0.15) is 17.3 Å². The van der Waals surface area contributed by atoms with Crippen LogP contribution >= 0.6 is 0 Å². The highest BCUT2D eigenvalue weighted by Crippen LogP contribution is 2.43. The normalized spacial score (nSPS) is 12.5. The van der Waals surface area contributed by atoms with E-state index >= 15 is 8.78 Å². The summed E-state index contributed by atoms with van der Waals surface area (Å²) in [7, 11) is 0. The third kappa shape index (κ3) is 3.49. The number of aromatic nitrogens is 3. The summed E-state index contributed by atoms with van der Waals surface area (Å²) >= 11 is 0. The van der Waals surface area contributed by atoms with Crippen molar-refractivity contribution in [1.82, 2.24) is 14.5 Å². The topological polar surface area (TPSA) is 33.6 Å². The molecule has 184 valence electrons. The van der Waals surface area contributed by atoms with Gasteiger partial charge in [0.15, 0.2) is 0 Å². The number of benzene rings is 3. The molecular formula is C28H15F6N3. The first-order chi connectivity index (χ1) is 17.9. The van der Waals surface area contributed by atoms with E-state index in [4.69, 9.17) is 0 Å². The van der Waals surface area contributed by atoms with Crippen molar-refractivity contribution in [2.24, 2.45) is 0 Å². The maximum Gasteiger partial charge on any atom is 0.253 e. The molecule has 0 aliphatic rings. The minimum Gasteiger partial charge on any atom is -0.361 e. The average molecular weight is 507 g/mol. The maximum atomic E-state index is 15.3. The zero-order valence-electron chi connectivity index (χ0n) is 18.7. The van der Waals surface area contributed by atoms with E-state index in [1.54, 1.807) is 48.7 Å². The third-order valence-electron chi connectivity index (χ3n) is 6.49. The third-order valence-corrected chi connectivity index (χ3v) is 6.49. The van der Waals surface area contributed by atoms with Crippen LogP contribution < -0.4 is 0 Å². The van der Waals surface area contributed by atoms with E-state index in [1.165, 1.54) is 18.3 Å². The monoisotopic (exact) mass is 507 g/mol. The molecule has 0 spiro atoms. The van der Waals surface area contributed by atoms with E-state index in [0.29, 0.717) is 21.9 Å². The van der Waals surface area contributed by atoms with Crippen molar-refractivity contribution in [3.63, 3.8) is 0 Å². The first kappa shape index (κ1) is 22.9. The Labute approximate surface area is 205 Å². The molecule has 1 atom stereocenters. The molecule has 3 aromatic heterocycles. The van der Waals surface area contributed by atoms with Gasteiger partial charge in [-0.3, -0.25) is 0 Å². The molecule has 6 rings (SSSR count). The number of fused-ring (bicyclic) bond motifs is 2. The molecule has 0 aliphatic carbocycles. The molecule has 1 N–H and O–H groups in total. The SMILES string of the molecule is Fc1cccc(F)c1C(c1c[nH]c2ccccc12)c1cn(-c2c(F)c(F)nc(F)c2F)c2ccccc12. The quantitative estimate of drug-likeness (QED) is 0.194. The Bertz CT molecular complexity index is 1770. The Morgan fingerprint density at radius 3 is 2.00 bits per heavy atom. The van der Waals surface area contributed by atoms with Crippen molar-refractivity contribution in [2.75, 3.05) is 0 Å². The predicted octanol–water partition coefficient (Wildman–Crippen LogP) is 7.52. The lowest BCUT2D eigenvalue weighted by molar-refractivity contribution is 0.403. The number of hydrogen-bond acceptors (Lipinski definition) is 1. The van der Waals surface area contributed by atoms with Gasteiger partial charge in [-0.05, 0) is 35.4 Å². The van der Waals surface area contributed by atoms with Crippen LogP contribution in [0, 0.1) is 35.2 Å². The molecule has 37 heavy (non-hydrogen) atoms. The number of aromatic amines is 1. The van der Waals surface area contributed by atoms with Crippen LogP contribution in [0.3, 0.4) is 0 Å². The molecule has 0 amide bonds. The number of halogens is 6. The van der Waals surface area contributed by atoms with Crippen LogP contribution in [0.1, 0.15) is 22.6 Å². The summed E-state index contributed by atoms with van der Waals surface area (Å²) in [5.41, 5.74) is 0.318. The smallest absolute Gasteiger partial charge is 0.253 e. The van der Waals surface area contributed by atoms with Crippen LogP contribution in [0.2, 0.25) is 0 Å². The lowest BCUT2D eigenvalue weighted by atomic mass is 9.84. The van der Waals surface area contributed by atoms with Crippen molar-refractivity contribution in [2.45, 2.75) is 5.92 Å². The molecule has 0 bridgehead atoms. The van der Waals surface area contributed by atoms with E-state index in [0.717, 1.165) is 16.7 Å². The first-order valence-corrected chi connectivity index (χ1v) is 11.2. The highest BCUT2D eigenvalue weighted by atomic mass is 19.2. The summed E-state index contributed by atoms with van der Waals surface area (Å²) in [6.07, 6.45) is 2.85. The van der Waals surface area contributed by atoms with E-state index < -0.39 is 46.8 Å². The van der Waals surface area contributed by atoms with Crippen LogP contribution in [0.4, 0.5) is 26.3 Å². The van der Waals surface area contributed by atoms with Crippen LogP contribution in [0.25, 0.3) is 27.5 Å². The fraction of sp³-hybridized carbons (Fsp3) is 0.0357. The van der Waals surface area contributed by atoms with Crippen molar-refractivity contribution < 1.29 is 26.3 Å². The minimum absolute atomic E-state index is 0.168. The van der Waals surface area contributed by atoms with Gasteiger partial charge in [0.2, 0.25) is 11.6 Å². The lowest BCUT2D eigenvalue weighted by Gasteiger charge is -2.19. The van der Waals surface area contributed by atoms with Gasteiger partial charge in [-0.25, -0.2) is 8.78 Å². The maximum absolute atomic E-state index is 15.3. The Morgan fingerprint density at radius 1 is 0.676 bits per heavy atom. The molecular weight excluding hydrogens is 492 g/mol. The second-order valence-corrected chi connectivity index (χ2v) is 8.50. The molecule has 0 aliphatic heterocycles. The zero-order chi connectivity index (χ0) is 25.8. The standard InChI is InChI=1S/C28H15F6N3/c29-18-8-5-9-19(30)23(18)22(16-12-35-20-10-3-1-6-14(16)20)17-13-37(21-11-4-2-7-15(17)21)26-24(31)27(33)36-28(34)25(26)32/h1-13,22,35H. The van der Waals surface area contributed by atoms with Crippen LogP contribution in [0.15, 0.2) is 79.1 Å². The number of H-pyrrole nitrogens is 1. The highest BCUT2D eigenvalue weighted by molar-refractivity contribution is 5.90. The molecule has 0 saturated carbocycles. The number of hydrogen-bond donors (Lipinski definition) is 1. The van der Waals surface area contributed by atoms with Crippen LogP contribution in [-0.2, 0) is 0 Å². The largest absolute Gasteiger partial charge is 0.361 e. The van der Waals surface area contributed by atoms with E-state index in [1.807, 2.05) is 0 Å². The molecule has 3 nitrogen and oxygen atoms in total. The van der Waals surface area contributed by atoms with Crippen LogP contribution in [-0.4, -0.2) is 14.5 Å². The number of rotatable bonds is 4. The van der Waals surface area contributed by atoms with Gasteiger partial charge in [-0.2, -0.15) is 22.5 Å². The van der Waals surface area contributed by atoms with Gasteiger partial charge in [-0.1, -0.05) is 42.5 Å². The summed E-state index contributed by atoms with van der Waals surface area (Å²) in [4.78, 5) is 5.71. The van der Waals surface area contributed by atoms with Crippen molar-refractivity contribution in [3.8, 4) is 5.69 Å². The minimum atomic E-state index is -1.82. The van der Waals surface area contributed by atoms with Gasteiger partial charge in [0, 0.05) is 40.2 Å². The van der Waals surface area contributed by atoms with E-state index in [-0.39, 0.29) is 16.6 Å². The van der Waals surface area contributed by atoms with Crippen LogP contribution in [0.5, 0.6) is 0 Å². The van der Waals surface area contributed by atoms with Crippen molar-refractivity contribution in [3.05, 3.63) is 131 Å². The second kappa shape index (κ2) is 8.55. The van der Waals surface area contributed by atoms with Crippen molar-refractivity contribution >= 4 is 21.8 Å². The van der Waals surface area contributed by atoms with E-state index in [9.17, 15) is 17.6 Å². The molecule has 1 unspecified atom stereocenters. The fourth-order valence-corrected chi connectivity index (χ4v) is 4.91. The zero-order valence-corrected chi connectivity index (χ0v) is 18.7. The number of nitrogens with zero attached hydrogens (tertiary/aromatic N) is 2. The second-order valence-electron chi connectivity index (χ2n) is 8.50. The highest BCUT2D eigenvalue weighted by Gasteiger charge is 2.31. The van der Waals surface area contributed by atoms with Gasteiger partial charge in [-0.15, -0.1) is 0 Å². The fourth-order valence-electron chi connectivity index (χ4n) is 4.91. The summed E-state index contributed by atoms with van der Waals surface area (Å²) in [6, 6.07) is 16.9. The molecule has 0 fully saturated rings.